The molecule has 5 rings (SSSR count). The van der Waals surface area contributed by atoms with E-state index in [9.17, 15) is 8.78 Å². The Morgan fingerprint density at radius 2 is 1.96 bits per heavy atom. The second-order valence-corrected chi connectivity index (χ2v) is 7.18. The Balaban J connectivity index is 1.78. The van der Waals surface area contributed by atoms with E-state index in [4.69, 9.17) is 15.2 Å². The molecule has 0 fully saturated rings. The highest BCUT2D eigenvalue weighted by molar-refractivity contribution is 9.10. The van der Waals surface area contributed by atoms with Gasteiger partial charge in [0, 0.05) is 22.9 Å². The predicted octanol–water partition coefficient (Wildman–Crippen LogP) is 3.88. The van der Waals surface area contributed by atoms with Crippen molar-refractivity contribution in [3.05, 3.63) is 70.2 Å². The van der Waals surface area contributed by atoms with Crippen molar-refractivity contribution < 1.29 is 18.3 Å². The van der Waals surface area contributed by atoms with Gasteiger partial charge in [-0.15, -0.1) is 0 Å². The van der Waals surface area contributed by atoms with Crippen molar-refractivity contribution in [1.29, 1.82) is 0 Å². The fourth-order valence-corrected chi connectivity index (χ4v) is 3.93. The number of pyridine rings is 2. The van der Waals surface area contributed by atoms with Gasteiger partial charge in [0.2, 0.25) is 5.95 Å². The molecule has 2 aliphatic rings. The largest absolute Gasteiger partial charge is 0.462 e. The molecule has 4 heterocycles. The molecule has 140 valence electrons. The maximum absolute atomic E-state index is 14.5. The third-order valence-corrected chi connectivity index (χ3v) is 5.19. The van der Waals surface area contributed by atoms with Crippen LogP contribution in [0.25, 0.3) is 11.1 Å². The molecule has 0 unspecified atom stereocenters. The van der Waals surface area contributed by atoms with Crippen molar-refractivity contribution in [2.75, 3.05) is 6.61 Å². The van der Waals surface area contributed by atoms with Gasteiger partial charge in [-0.1, -0.05) is 6.07 Å². The van der Waals surface area contributed by atoms with Crippen LogP contribution in [0.5, 0.6) is 11.5 Å². The standard InChI is InChI=1S/C19H11BrF2N4O2/c20-14-7-12-15(17(22)25-14)28-13-4-3-9(10-2-1-5-24-16(10)21)6-11(13)19(12)8-27-18(23)26-19/h1-7H,8H2,(H2,23,26)/t19-/m0/s1. The van der Waals surface area contributed by atoms with E-state index in [1.54, 1.807) is 36.4 Å². The molecule has 2 N–H and O–H groups in total. The molecule has 1 aromatic carbocycles. The number of nitrogens with zero attached hydrogens (tertiary/aromatic N) is 3. The molecular weight excluding hydrogens is 434 g/mol. The average Bonchev–Trinajstić information content (AvgIpc) is 3.06. The number of ether oxygens (including phenoxy) is 2. The molecule has 6 nitrogen and oxygen atoms in total. The smallest absolute Gasteiger partial charge is 0.283 e. The van der Waals surface area contributed by atoms with Gasteiger partial charge in [-0.25, -0.2) is 15.0 Å². The van der Waals surface area contributed by atoms with Crippen LogP contribution >= 0.6 is 15.9 Å². The van der Waals surface area contributed by atoms with Gasteiger partial charge < -0.3 is 15.2 Å². The van der Waals surface area contributed by atoms with E-state index in [0.717, 1.165) is 0 Å². The number of fused-ring (bicyclic) bond motifs is 4. The second kappa shape index (κ2) is 5.96. The zero-order valence-electron chi connectivity index (χ0n) is 14.1. The van der Waals surface area contributed by atoms with Gasteiger partial charge in [0.1, 0.15) is 17.0 Å². The molecule has 0 aliphatic carbocycles. The Bertz CT molecular complexity index is 1170. The zero-order chi connectivity index (χ0) is 19.5. The molecule has 2 aromatic heterocycles. The Morgan fingerprint density at radius 3 is 2.71 bits per heavy atom. The van der Waals surface area contributed by atoms with Crippen LogP contribution in [0.4, 0.5) is 8.78 Å². The van der Waals surface area contributed by atoms with Gasteiger partial charge >= 0.3 is 0 Å². The van der Waals surface area contributed by atoms with Gasteiger partial charge in [0.15, 0.2) is 11.3 Å². The number of nitrogens with two attached hydrogens (primary N) is 1. The van der Waals surface area contributed by atoms with E-state index in [-0.39, 0.29) is 23.0 Å². The van der Waals surface area contributed by atoms with Gasteiger partial charge in [-0.3, -0.25) is 0 Å². The monoisotopic (exact) mass is 444 g/mol. The minimum atomic E-state index is -1.13. The van der Waals surface area contributed by atoms with E-state index in [1.165, 1.54) is 6.20 Å². The Hall–Kier alpha value is -3.07. The SMILES string of the molecule is NC1=N[C@@]2(CO1)c1cc(-c3cccnc3F)ccc1Oc1c2cc(Br)nc1F. The third-order valence-electron chi connectivity index (χ3n) is 4.78. The topological polar surface area (TPSA) is 82.6 Å². The molecule has 0 saturated heterocycles. The number of benzene rings is 1. The highest BCUT2D eigenvalue weighted by atomic mass is 79.9. The van der Waals surface area contributed by atoms with Crippen LogP contribution in [0.3, 0.4) is 0 Å². The van der Waals surface area contributed by atoms with Gasteiger partial charge in [-0.05, 0) is 51.8 Å². The molecule has 1 atom stereocenters. The summed E-state index contributed by atoms with van der Waals surface area (Å²) < 4.78 is 40.2. The Labute approximate surface area is 166 Å². The van der Waals surface area contributed by atoms with Crippen LogP contribution in [-0.2, 0) is 10.3 Å². The number of aliphatic imine (C=N–C) groups is 1. The first-order chi connectivity index (χ1) is 13.5. The number of hydrogen-bond donors (Lipinski definition) is 1. The molecule has 3 aromatic rings. The Morgan fingerprint density at radius 1 is 1.11 bits per heavy atom. The van der Waals surface area contributed by atoms with E-state index in [2.05, 4.69) is 30.9 Å². The molecule has 9 heteroatoms. The third kappa shape index (κ3) is 2.39. The van der Waals surface area contributed by atoms with Crippen LogP contribution < -0.4 is 10.5 Å². The van der Waals surface area contributed by atoms with Crippen molar-refractivity contribution in [1.82, 2.24) is 9.97 Å². The van der Waals surface area contributed by atoms with Crippen molar-refractivity contribution in [3.63, 3.8) is 0 Å². The van der Waals surface area contributed by atoms with E-state index >= 15 is 0 Å². The normalized spacial score (nSPS) is 19.5. The first-order valence-corrected chi connectivity index (χ1v) is 9.05. The maximum Gasteiger partial charge on any atom is 0.283 e. The number of amidine groups is 1. The quantitative estimate of drug-likeness (QED) is 0.575. The minimum Gasteiger partial charge on any atom is -0.462 e. The lowest BCUT2D eigenvalue weighted by molar-refractivity contribution is 0.261. The second-order valence-electron chi connectivity index (χ2n) is 6.37. The summed E-state index contributed by atoms with van der Waals surface area (Å²) >= 11 is 3.20. The maximum atomic E-state index is 14.5. The predicted molar refractivity (Wildman–Crippen MR) is 100.0 cm³/mol. The summed E-state index contributed by atoms with van der Waals surface area (Å²) in [5, 5.41) is 0. The number of rotatable bonds is 1. The zero-order valence-corrected chi connectivity index (χ0v) is 15.7. The van der Waals surface area contributed by atoms with Crippen LogP contribution in [0.15, 0.2) is 52.2 Å². The van der Waals surface area contributed by atoms with E-state index < -0.39 is 17.4 Å². The number of hydrogen-bond acceptors (Lipinski definition) is 6. The lowest BCUT2D eigenvalue weighted by Gasteiger charge is -2.33. The molecule has 2 aliphatic heterocycles. The summed E-state index contributed by atoms with van der Waals surface area (Å²) in [7, 11) is 0. The molecule has 0 amide bonds. The van der Waals surface area contributed by atoms with Gasteiger partial charge in [0.25, 0.3) is 12.0 Å². The molecule has 28 heavy (non-hydrogen) atoms. The highest BCUT2D eigenvalue weighted by Gasteiger charge is 2.48. The van der Waals surface area contributed by atoms with Crippen LogP contribution in [0.1, 0.15) is 11.1 Å². The number of aromatic nitrogens is 2. The van der Waals surface area contributed by atoms with Crippen molar-refractivity contribution in [2.45, 2.75) is 5.54 Å². The first kappa shape index (κ1) is 17.1. The fraction of sp³-hybridized carbons (Fsp3) is 0.105. The van der Waals surface area contributed by atoms with Gasteiger partial charge in [-0.2, -0.15) is 8.78 Å². The van der Waals surface area contributed by atoms with E-state index in [1.807, 2.05) is 0 Å². The van der Waals surface area contributed by atoms with Crippen molar-refractivity contribution >= 4 is 22.0 Å². The Kier molecular flexibility index (Phi) is 3.63. The van der Waals surface area contributed by atoms with Gasteiger partial charge in [0.05, 0.1) is 0 Å². The molecular formula is C19H11BrF2N4O2. The highest BCUT2D eigenvalue weighted by Crippen LogP contribution is 2.52. The summed E-state index contributed by atoms with van der Waals surface area (Å²) in [6, 6.07) is 9.90. The summed E-state index contributed by atoms with van der Waals surface area (Å²) in [4.78, 5) is 11.9. The molecule has 0 saturated carbocycles. The van der Waals surface area contributed by atoms with Crippen molar-refractivity contribution in [2.24, 2.45) is 10.7 Å². The summed E-state index contributed by atoms with van der Waals surface area (Å²) in [5.74, 6) is -1.06. The lowest BCUT2D eigenvalue weighted by atomic mass is 9.81. The van der Waals surface area contributed by atoms with Crippen molar-refractivity contribution in [3.8, 4) is 22.6 Å². The minimum absolute atomic E-state index is 0.0231. The first-order valence-electron chi connectivity index (χ1n) is 8.26. The molecule has 0 radical (unpaired) electrons. The van der Waals surface area contributed by atoms with Crippen LogP contribution in [0.2, 0.25) is 0 Å². The van der Waals surface area contributed by atoms with Crippen LogP contribution in [-0.4, -0.2) is 22.6 Å². The van der Waals surface area contributed by atoms with E-state index in [0.29, 0.717) is 28.0 Å². The average molecular weight is 445 g/mol. The van der Waals surface area contributed by atoms with Crippen LogP contribution in [0, 0.1) is 11.9 Å². The summed E-state index contributed by atoms with van der Waals surface area (Å²) in [6.07, 6.45) is 1.38. The summed E-state index contributed by atoms with van der Waals surface area (Å²) in [5.41, 5.74) is 6.57. The summed E-state index contributed by atoms with van der Waals surface area (Å²) in [6.45, 7) is 0.0526. The lowest BCUT2D eigenvalue weighted by Crippen LogP contribution is -2.31. The fourth-order valence-electron chi connectivity index (χ4n) is 3.55. The number of halogens is 3. The molecule has 1 spiro atoms. The molecule has 0 bridgehead atoms.